The summed E-state index contributed by atoms with van der Waals surface area (Å²) in [6.45, 7) is 6.08. The lowest BCUT2D eigenvalue weighted by Crippen LogP contribution is -2.30. The quantitative estimate of drug-likeness (QED) is 0.777. The predicted octanol–water partition coefficient (Wildman–Crippen LogP) is 2.47. The van der Waals surface area contributed by atoms with Crippen molar-refractivity contribution in [1.82, 2.24) is 20.8 Å². The SMILES string of the molecule is CNC(C)Cc1noc(C(NC(=O)CC(C)C)c2ccccc2)n1. The lowest BCUT2D eigenvalue weighted by molar-refractivity contribution is -0.122. The Morgan fingerprint density at radius 1 is 1.21 bits per heavy atom. The number of amides is 1. The van der Waals surface area contributed by atoms with E-state index in [-0.39, 0.29) is 17.9 Å². The average molecular weight is 330 g/mol. The molecule has 2 unspecified atom stereocenters. The normalized spacial score (nSPS) is 13.7. The molecule has 0 saturated carbocycles. The van der Waals surface area contributed by atoms with Gasteiger partial charge in [-0.25, -0.2) is 0 Å². The molecule has 0 bridgehead atoms. The van der Waals surface area contributed by atoms with Crippen molar-refractivity contribution in [3.63, 3.8) is 0 Å². The summed E-state index contributed by atoms with van der Waals surface area (Å²) in [6.07, 6.45) is 1.13. The maximum Gasteiger partial charge on any atom is 0.253 e. The molecule has 2 atom stereocenters. The molecule has 0 spiro atoms. The van der Waals surface area contributed by atoms with Crippen LogP contribution in [0.25, 0.3) is 0 Å². The van der Waals surface area contributed by atoms with Crippen molar-refractivity contribution in [3.05, 3.63) is 47.6 Å². The summed E-state index contributed by atoms with van der Waals surface area (Å²) in [4.78, 5) is 16.7. The van der Waals surface area contributed by atoms with Crippen molar-refractivity contribution in [2.24, 2.45) is 5.92 Å². The molecule has 6 heteroatoms. The highest BCUT2D eigenvalue weighted by molar-refractivity contribution is 5.77. The topological polar surface area (TPSA) is 80.0 Å². The van der Waals surface area contributed by atoms with Crippen LogP contribution in [0.3, 0.4) is 0 Å². The fourth-order valence-corrected chi connectivity index (χ4v) is 2.37. The second-order valence-electron chi connectivity index (χ2n) is 6.45. The van der Waals surface area contributed by atoms with Gasteiger partial charge in [0.1, 0.15) is 6.04 Å². The Balaban J connectivity index is 2.21. The number of carbonyl (C=O) groups is 1. The van der Waals surface area contributed by atoms with Gasteiger partial charge in [-0.05, 0) is 25.5 Å². The third-order valence-electron chi connectivity index (χ3n) is 3.74. The van der Waals surface area contributed by atoms with Gasteiger partial charge >= 0.3 is 0 Å². The zero-order valence-corrected chi connectivity index (χ0v) is 14.7. The molecule has 2 aromatic rings. The van der Waals surface area contributed by atoms with E-state index in [2.05, 4.69) is 27.7 Å². The zero-order chi connectivity index (χ0) is 17.5. The molecule has 0 aliphatic carbocycles. The summed E-state index contributed by atoms with van der Waals surface area (Å²) >= 11 is 0. The van der Waals surface area contributed by atoms with E-state index in [1.807, 2.05) is 51.2 Å². The summed E-state index contributed by atoms with van der Waals surface area (Å²) in [5.41, 5.74) is 0.923. The second kappa shape index (κ2) is 8.59. The molecule has 0 aliphatic heterocycles. The van der Waals surface area contributed by atoms with E-state index in [0.29, 0.717) is 24.6 Å². The first-order valence-electron chi connectivity index (χ1n) is 8.33. The third kappa shape index (κ3) is 5.16. The molecule has 1 aromatic heterocycles. The van der Waals surface area contributed by atoms with Crippen LogP contribution in [-0.4, -0.2) is 29.1 Å². The van der Waals surface area contributed by atoms with Gasteiger partial charge in [0.15, 0.2) is 5.82 Å². The Labute approximate surface area is 143 Å². The molecule has 1 aromatic carbocycles. The van der Waals surface area contributed by atoms with Gasteiger partial charge in [-0.2, -0.15) is 4.98 Å². The minimum atomic E-state index is -0.427. The van der Waals surface area contributed by atoms with Crippen LogP contribution in [0.4, 0.5) is 0 Å². The number of hydrogen-bond acceptors (Lipinski definition) is 5. The number of nitrogens with one attached hydrogen (secondary N) is 2. The Morgan fingerprint density at radius 3 is 2.54 bits per heavy atom. The van der Waals surface area contributed by atoms with Crippen LogP contribution >= 0.6 is 0 Å². The molecule has 6 nitrogen and oxygen atoms in total. The molecular formula is C18H26N4O2. The molecule has 2 N–H and O–H groups in total. The van der Waals surface area contributed by atoms with Crippen LogP contribution < -0.4 is 10.6 Å². The monoisotopic (exact) mass is 330 g/mol. The zero-order valence-electron chi connectivity index (χ0n) is 14.7. The Morgan fingerprint density at radius 2 is 1.92 bits per heavy atom. The van der Waals surface area contributed by atoms with Crippen LogP contribution in [0.5, 0.6) is 0 Å². The van der Waals surface area contributed by atoms with Crippen LogP contribution in [0.15, 0.2) is 34.9 Å². The lowest BCUT2D eigenvalue weighted by atomic mass is 10.1. The van der Waals surface area contributed by atoms with Crippen molar-refractivity contribution < 1.29 is 9.32 Å². The highest BCUT2D eigenvalue weighted by atomic mass is 16.5. The molecule has 0 fully saturated rings. The first-order valence-corrected chi connectivity index (χ1v) is 8.33. The van der Waals surface area contributed by atoms with E-state index < -0.39 is 6.04 Å². The Kier molecular flexibility index (Phi) is 6.49. The number of aromatic nitrogens is 2. The standard InChI is InChI=1S/C18H26N4O2/c1-12(2)10-16(23)21-17(14-8-6-5-7-9-14)18-20-15(22-24-18)11-13(3)19-4/h5-9,12-13,17,19H,10-11H2,1-4H3,(H,21,23). The van der Waals surface area contributed by atoms with Crippen molar-refractivity contribution in [2.75, 3.05) is 7.05 Å². The van der Waals surface area contributed by atoms with Gasteiger partial charge < -0.3 is 15.2 Å². The summed E-state index contributed by atoms with van der Waals surface area (Å²) in [7, 11) is 1.89. The van der Waals surface area contributed by atoms with Crippen molar-refractivity contribution in [2.45, 2.75) is 45.7 Å². The number of hydrogen-bond donors (Lipinski definition) is 2. The number of rotatable bonds is 8. The number of benzene rings is 1. The molecular weight excluding hydrogens is 304 g/mol. The van der Waals surface area contributed by atoms with Crippen molar-refractivity contribution in [1.29, 1.82) is 0 Å². The maximum absolute atomic E-state index is 12.2. The van der Waals surface area contributed by atoms with Crippen molar-refractivity contribution in [3.8, 4) is 0 Å². The number of likely N-dealkylation sites (N-methyl/N-ethyl adjacent to an activating group) is 1. The molecule has 1 heterocycles. The van der Waals surface area contributed by atoms with Crippen LogP contribution in [0, 0.1) is 5.92 Å². The fourth-order valence-electron chi connectivity index (χ4n) is 2.37. The first-order chi connectivity index (χ1) is 11.5. The third-order valence-corrected chi connectivity index (χ3v) is 3.74. The molecule has 1 amide bonds. The lowest BCUT2D eigenvalue weighted by Gasteiger charge is -2.16. The molecule has 0 saturated heterocycles. The van der Waals surface area contributed by atoms with Gasteiger partial charge in [-0.1, -0.05) is 49.3 Å². The highest BCUT2D eigenvalue weighted by Gasteiger charge is 2.23. The Bertz CT molecular complexity index is 639. The molecule has 2 rings (SSSR count). The summed E-state index contributed by atoms with van der Waals surface area (Å²) in [5, 5.41) is 10.2. The van der Waals surface area contributed by atoms with E-state index >= 15 is 0 Å². The van der Waals surface area contributed by atoms with Crippen molar-refractivity contribution >= 4 is 5.91 Å². The first kappa shape index (κ1) is 18.1. The maximum atomic E-state index is 12.2. The number of carbonyl (C=O) groups excluding carboxylic acids is 1. The highest BCUT2D eigenvalue weighted by Crippen LogP contribution is 2.21. The predicted molar refractivity (Wildman–Crippen MR) is 92.4 cm³/mol. The summed E-state index contributed by atoms with van der Waals surface area (Å²) in [5.74, 6) is 1.31. The summed E-state index contributed by atoms with van der Waals surface area (Å²) in [6, 6.07) is 9.50. The van der Waals surface area contributed by atoms with Gasteiger partial charge in [-0.15, -0.1) is 0 Å². The van der Waals surface area contributed by atoms with Gasteiger partial charge in [0.25, 0.3) is 5.89 Å². The van der Waals surface area contributed by atoms with E-state index in [0.717, 1.165) is 5.56 Å². The van der Waals surface area contributed by atoms with Crippen LogP contribution in [0.1, 0.15) is 50.5 Å². The second-order valence-corrected chi connectivity index (χ2v) is 6.45. The van der Waals surface area contributed by atoms with Gasteiger partial charge in [0.2, 0.25) is 5.91 Å². The molecule has 0 radical (unpaired) electrons. The minimum absolute atomic E-state index is 0.0257. The molecule has 24 heavy (non-hydrogen) atoms. The van der Waals surface area contributed by atoms with E-state index in [1.54, 1.807) is 0 Å². The number of nitrogens with zero attached hydrogens (tertiary/aromatic N) is 2. The van der Waals surface area contributed by atoms with E-state index in [1.165, 1.54) is 0 Å². The smallest absolute Gasteiger partial charge is 0.253 e. The van der Waals surface area contributed by atoms with Gasteiger partial charge in [0, 0.05) is 18.9 Å². The molecule has 130 valence electrons. The Hall–Kier alpha value is -2.21. The average Bonchev–Trinajstić information content (AvgIpc) is 3.00. The largest absolute Gasteiger partial charge is 0.341 e. The van der Waals surface area contributed by atoms with Gasteiger partial charge in [0.05, 0.1) is 0 Å². The van der Waals surface area contributed by atoms with Crippen LogP contribution in [0.2, 0.25) is 0 Å². The van der Waals surface area contributed by atoms with E-state index in [4.69, 9.17) is 4.52 Å². The summed E-state index contributed by atoms with van der Waals surface area (Å²) < 4.78 is 5.43. The van der Waals surface area contributed by atoms with Gasteiger partial charge in [-0.3, -0.25) is 4.79 Å². The van der Waals surface area contributed by atoms with E-state index in [9.17, 15) is 4.79 Å². The van der Waals surface area contributed by atoms with Crippen LogP contribution in [-0.2, 0) is 11.2 Å². The minimum Gasteiger partial charge on any atom is -0.341 e. The molecule has 0 aliphatic rings. The fraction of sp³-hybridized carbons (Fsp3) is 0.500.